The Balaban J connectivity index is -0.000000605. The van der Waals surface area contributed by atoms with Gasteiger partial charge in [-0.1, -0.05) is 0 Å². The number of rotatable bonds is 7. The van der Waals surface area contributed by atoms with Gasteiger partial charge in [-0.2, -0.15) is 0 Å². The molecule has 0 bridgehead atoms. The molecule has 0 saturated heterocycles. The zero-order valence-electron chi connectivity index (χ0n) is 8.75. The van der Waals surface area contributed by atoms with Gasteiger partial charge in [0, 0.05) is 27.4 Å². The van der Waals surface area contributed by atoms with Crippen LogP contribution in [0.4, 0.5) is 0 Å². The van der Waals surface area contributed by atoms with Gasteiger partial charge in [-0.05, 0) is 31.0 Å². The molecule has 0 unspecified atom stereocenters. The minimum Gasteiger partial charge on any atom is -0.377 e. The summed E-state index contributed by atoms with van der Waals surface area (Å²) in [6.07, 6.45) is 1.01. The molecular formula is C7H24ClNO3Si2. The van der Waals surface area contributed by atoms with Gasteiger partial charge in [-0.25, -0.2) is 0 Å². The van der Waals surface area contributed by atoms with E-state index in [-0.39, 0.29) is 23.4 Å². The molecule has 0 atom stereocenters. The van der Waals surface area contributed by atoms with Crippen LogP contribution >= 0.6 is 12.4 Å². The lowest BCUT2D eigenvalue weighted by atomic mass is 10.5. The van der Waals surface area contributed by atoms with Gasteiger partial charge in [0.25, 0.3) is 0 Å². The van der Waals surface area contributed by atoms with E-state index in [9.17, 15) is 0 Å². The van der Waals surface area contributed by atoms with Crippen LogP contribution in [-0.4, -0.2) is 54.7 Å². The van der Waals surface area contributed by atoms with Gasteiger partial charge in [0.2, 0.25) is 0 Å². The molecule has 0 spiro atoms. The second-order valence-corrected chi connectivity index (χ2v) is 5.59. The van der Waals surface area contributed by atoms with Crippen molar-refractivity contribution in [3.05, 3.63) is 0 Å². The Labute approximate surface area is 98.5 Å². The largest absolute Gasteiger partial charge is 0.500 e. The first-order valence-corrected chi connectivity index (χ1v) is 5.98. The van der Waals surface area contributed by atoms with Gasteiger partial charge in [0.05, 0.1) is 0 Å². The van der Waals surface area contributed by atoms with Crippen molar-refractivity contribution in [2.45, 2.75) is 12.5 Å². The third-order valence-corrected chi connectivity index (χ3v) is 4.67. The fourth-order valence-corrected chi connectivity index (χ4v) is 2.76. The maximum atomic E-state index is 5.25. The predicted molar refractivity (Wildman–Crippen MR) is 68.7 cm³/mol. The van der Waals surface area contributed by atoms with Crippen LogP contribution in [0.3, 0.4) is 0 Å². The van der Waals surface area contributed by atoms with Gasteiger partial charge in [-0.3, -0.25) is 0 Å². The molecule has 0 saturated carbocycles. The van der Waals surface area contributed by atoms with E-state index in [2.05, 4.69) is 5.32 Å². The summed E-state index contributed by atoms with van der Waals surface area (Å²) in [5, 5.41) is 3.07. The maximum absolute atomic E-state index is 5.25. The van der Waals surface area contributed by atoms with Crippen molar-refractivity contribution in [2.24, 2.45) is 0 Å². The summed E-state index contributed by atoms with van der Waals surface area (Å²) in [6.45, 7) is 0.963. The minimum absolute atomic E-state index is 0. The molecular weight excluding hydrogens is 238 g/mol. The molecule has 0 aromatic heterocycles. The molecule has 0 aromatic rings. The minimum atomic E-state index is -2.29. The van der Waals surface area contributed by atoms with Crippen molar-refractivity contribution in [3.8, 4) is 0 Å². The number of hydrogen-bond acceptors (Lipinski definition) is 4. The van der Waals surface area contributed by atoms with E-state index in [4.69, 9.17) is 13.3 Å². The van der Waals surface area contributed by atoms with E-state index >= 15 is 0 Å². The fourth-order valence-electron chi connectivity index (χ4n) is 1.04. The summed E-state index contributed by atoms with van der Waals surface area (Å²) >= 11 is 0. The third kappa shape index (κ3) is 6.94. The highest BCUT2D eigenvalue weighted by Gasteiger charge is 2.36. The molecule has 0 aliphatic carbocycles. The van der Waals surface area contributed by atoms with Crippen molar-refractivity contribution in [2.75, 3.05) is 34.9 Å². The Kier molecular flexibility index (Phi) is 16.7. The van der Waals surface area contributed by atoms with Crippen molar-refractivity contribution >= 4 is 32.2 Å². The summed E-state index contributed by atoms with van der Waals surface area (Å²) in [7, 11) is 4.54. The monoisotopic (exact) mass is 261 g/mol. The van der Waals surface area contributed by atoms with Crippen LogP contribution < -0.4 is 5.32 Å². The van der Waals surface area contributed by atoms with Gasteiger partial charge >= 0.3 is 8.80 Å². The van der Waals surface area contributed by atoms with Crippen LogP contribution in [0.15, 0.2) is 0 Å². The van der Waals surface area contributed by atoms with E-state index in [1.165, 1.54) is 0 Å². The Morgan fingerprint density at radius 3 is 1.79 bits per heavy atom. The zero-order chi connectivity index (χ0) is 9.45. The summed E-state index contributed by atoms with van der Waals surface area (Å²) in [5.41, 5.74) is 0. The lowest BCUT2D eigenvalue weighted by molar-refractivity contribution is 0.123. The van der Waals surface area contributed by atoms with Crippen molar-refractivity contribution in [3.63, 3.8) is 0 Å². The zero-order valence-corrected chi connectivity index (χ0v) is 10.6. The Bertz CT molecular complexity index is 109. The summed E-state index contributed by atoms with van der Waals surface area (Å²) < 4.78 is 15.7. The van der Waals surface area contributed by atoms with Gasteiger partial charge in [-0.15, -0.1) is 12.4 Å². The Morgan fingerprint density at radius 2 is 1.50 bits per heavy atom. The van der Waals surface area contributed by atoms with Crippen molar-refractivity contribution < 1.29 is 13.3 Å². The molecule has 0 fully saturated rings. The van der Waals surface area contributed by atoms with Crippen molar-refractivity contribution in [1.29, 1.82) is 0 Å². The van der Waals surface area contributed by atoms with Gasteiger partial charge in [0.1, 0.15) is 0 Å². The summed E-state index contributed by atoms with van der Waals surface area (Å²) in [4.78, 5) is 0. The molecule has 0 radical (unpaired) electrons. The van der Waals surface area contributed by atoms with E-state index in [1.54, 1.807) is 21.3 Å². The Morgan fingerprint density at radius 1 is 1.07 bits per heavy atom. The average molecular weight is 262 g/mol. The van der Waals surface area contributed by atoms with Crippen LogP contribution in [0, 0.1) is 0 Å². The number of halogens is 1. The first kappa shape index (κ1) is 20.0. The highest BCUT2D eigenvalue weighted by molar-refractivity contribution is 6.60. The highest BCUT2D eigenvalue weighted by Crippen LogP contribution is 2.13. The molecule has 0 heterocycles. The predicted octanol–water partition coefficient (Wildman–Crippen LogP) is -0.556. The molecule has 90 valence electrons. The molecule has 0 aliphatic heterocycles. The second-order valence-electron chi connectivity index (χ2n) is 2.50. The van der Waals surface area contributed by atoms with Crippen LogP contribution in [-0.2, 0) is 13.3 Å². The molecule has 0 aromatic carbocycles. The molecule has 1 N–H and O–H groups in total. The Hall–Kier alpha value is 0.564. The van der Waals surface area contributed by atoms with E-state index < -0.39 is 8.80 Å². The van der Waals surface area contributed by atoms with E-state index in [0.29, 0.717) is 0 Å². The summed E-state index contributed by atoms with van der Waals surface area (Å²) in [6, 6.07) is 0.858. The van der Waals surface area contributed by atoms with Gasteiger partial charge < -0.3 is 18.6 Å². The lowest BCUT2D eigenvalue weighted by Crippen LogP contribution is -2.43. The normalized spacial score (nSPS) is 10.3. The second kappa shape index (κ2) is 11.6. The molecule has 4 nitrogen and oxygen atoms in total. The van der Waals surface area contributed by atoms with Crippen molar-refractivity contribution in [1.82, 2.24) is 5.32 Å². The molecule has 7 heteroatoms. The third-order valence-electron chi connectivity index (χ3n) is 1.84. The molecule has 14 heavy (non-hydrogen) atoms. The van der Waals surface area contributed by atoms with Crippen LogP contribution in [0.2, 0.25) is 6.04 Å². The first-order valence-electron chi connectivity index (χ1n) is 4.04. The standard InChI is InChI=1S/C7H19NO3Si.ClH.H4Si/c1-8-6-5-7-12(9-2,10-3)11-4;;/h8H,5-7H2,1-4H3;1H;1H4. The SMILES string of the molecule is CNCCC[Si](OC)(OC)OC.Cl.[SiH4]. The fraction of sp³-hybridized carbons (Fsp3) is 1.00. The molecule has 0 rings (SSSR count). The molecule has 0 aliphatic rings. The number of hydrogen-bond donors (Lipinski definition) is 1. The highest BCUT2D eigenvalue weighted by atomic mass is 35.5. The lowest BCUT2D eigenvalue weighted by Gasteiger charge is -2.24. The van der Waals surface area contributed by atoms with Crippen LogP contribution in [0.1, 0.15) is 6.42 Å². The van der Waals surface area contributed by atoms with E-state index in [0.717, 1.165) is 19.0 Å². The molecule has 0 amide bonds. The quantitative estimate of drug-likeness (QED) is 0.493. The topological polar surface area (TPSA) is 39.7 Å². The van der Waals surface area contributed by atoms with Gasteiger partial charge in [0.15, 0.2) is 0 Å². The first-order chi connectivity index (χ1) is 5.74. The van der Waals surface area contributed by atoms with Crippen LogP contribution in [0.5, 0.6) is 0 Å². The maximum Gasteiger partial charge on any atom is 0.500 e. The summed E-state index contributed by atoms with van der Waals surface area (Å²) in [5.74, 6) is 0. The van der Waals surface area contributed by atoms with E-state index in [1.807, 2.05) is 7.05 Å². The average Bonchev–Trinajstić information content (AvgIpc) is 2.14. The smallest absolute Gasteiger partial charge is 0.377 e. The van der Waals surface area contributed by atoms with Crippen LogP contribution in [0.25, 0.3) is 0 Å². The number of nitrogens with one attached hydrogen (secondary N) is 1.